The molecule has 0 bridgehead atoms. The number of carbonyl (C=O) groups is 3. The molecule has 2 amide bonds. The van der Waals surface area contributed by atoms with Gasteiger partial charge in [-0.2, -0.15) is 0 Å². The maximum Gasteiger partial charge on any atom is 0.410 e. The summed E-state index contributed by atoms with van der Waals surface area (Å²) < 4.78 is 42.1. The van der Waals surface area contributed by atoms with Crippen LogP contribution in [0, 0.1) is 12.7 Å². The number of aryl methyl sites for hydroxylation is 3. The van der Waals surface area contributed by atoms with Crippen LogP contribution < -0.4 is 5.73 Å². The van der Waals surface area contributed by atoms with E-state index in [1.54, 1.807) is 54.1 Å². The van der Waals surface area contributed by atoms with Gasteiger partial charge in [0.05, 0.1) is 41.5 Å². The Morgan fingerprint density at radius 3 is 2.14 bits per heavy atom. The van der Waals surface area contributed by atoms with Crippen molar-refractivity contribution in [2.45, 2.75) is 84.5 Å². The molecule has 0 atom stereocenters. The smallest absolute Gasteiger partial charge is 0.410 e. The van der Waals surface area contributed by atoms with Crippen LogP contribution in [0.5, 0.6) is 0 Å². The highest BCUT2D eigenvalue weighted by Crippen LogP contribution is 2.43. The lowest BCUT2D eigenvalue weighted by Gasteiger charge is -2.28. The van der Waals surface area contributed by atoms with Crippen molar-refractivity contribution in [1.82, 2.24) is 20.1 Å². The molecule has 13 nitrogen and oxygen atoms in total. The fourth-order valence-corrected chi connectivity index (χ4v) is 7.95. The molecule has 2 aromatic carbocycles. The van der Waals surface area contributed by atoms with Crippen LogP contribution >= 0.6 is 11.3 Å². The minimum absolute atomic E-state index is 0.0690. The second-order valence-electron chi connectivity index (χ2n) is 15.2. The number of hydrogen-bond donors (Lipinski definition) is 1. The van der Waals surface area contributed by atoms with E-state index in [0.29, 0.717) is 51.2 Å². The lowest BCUT2D eigenvalue weighted by molar-refractivity contribution is -0.165. The van der Waals surface area contributed by atoms with E-state index >= 15 is 0 Å². The maximum atomic E-state index is 13.7. The molecule has 59 heavy (non-hydrogen) atoms. The molecule has 8 rings (SSSR count). The van der Waals surface area contributed by atoms with Crippen LogP contribution in [0.2, 0.25) is 0 Å². The van der Waals surface area contributed by atoms with E-state index in [9.17, 15) is 18.8 Å². The Morgan fingerprint density at radius 1 is 0.915 bits per heavy atom. The molecule has 5 aromatic rings. The first-order chi connectivity index (χ1) is 28.3. The number of esters is 1. The highest BCUT2D eigenvalue weighted by atomic mass is 32.1. The fourth-order valence-electron chi connectivity index (χ4n) is 7.03. The van der Waals surface area contributed by atoms with Crippen LogP contribution in [-0.2, 0) is 44.0 Å². The zero-order chi connectivity index (χ0) is 42.2. The third-order valence-corrected chi connectivity index (χ3v) is 10.8. The Labute approximate surface area is 347 Å². The van der Waals surface area contributed by atoms with E-state index in [1.807, 2.05) is 20.8 Å². The molecule has 15 heteroatoms. The second kappa shape index (κ2) is 19.0. The van der Waals surface area contributed by atoms with Crippen LogP contribution in [0.15, 0.2) is 71.3 Å². The molecule has 3 aliphatic rings. The van der Waals surface area contributed by atoms with E-state index in [2.05, 4.69) is 39.4 Å². The van der Waals surface area contributed by atoms with Crippen LogP contribution in [0.3, 0.4) is 0 Å². The average Bonchev–Trinajstić information content (AvgIpc) is 4.06. The number of ether oxygens (including phenoxy) is 4. The van der Waals surface area contributed by atoms with Crippen molar-refractivity contribution in [2.75, 3.05) is 32.9 Å². The quantitative estimate of drug-likeness (QED) is 0.150. The molecular formula is C44H50FN5O8S. The van der Waals surface area contributed by atoms with Gasteiger partial charge in [-0.05, 0) is 95.2 Å². The topological polar surface area (TPSA) is 169 Å². The van der Waals surface area contributed by atoms with E-state index in [1.165, 1.54) is 37.6 Å². The van der Waals surface area contributed by atoms with Gasteiger partial charge in [0.1, 0.15) is 11.4 Å². The molecule has 0 saturated carbocycles. The number of nitrogens with two attached hydrogens (primary N) is 1. The summed E-state index contributed by atoms with van der Waals surface area (Å²) in [7, 11) is 0. The largest absolute Gasteiger partial charge is 0.462 e. The van der Waals surface area contributed by atoms with Gasteiger partial charge >= 0.3 is 12.1 Å². The van der Waals surface area contributed by atoms with Crippen molar-refractivity contribution >= 4 is 29.3 Å². The number of benzene rings is 2. The van der Waals surface area contributed by atoms with Crippen LogP contribution in [0.1, 0.15) is 95.3 Å². The predicted molar refractivity (Wildman–Crippen MR) is 219 cm³/mol. The standard InChI is InChI=1S/C26H23FN4O6S.C9H17NO2.C9H10/c1-3-34-25(33)17-13-29-18(12-26(35-10-11-36-26)15-4-6-16(27)7-5-15)22(24-31-30-14(2)37-24)21(17)19-8-9-20(38-19)23(28)32;1-9(2,3)12-8(11)10-6-4-5-7-10;1-2-5-9-7-3-6-8(9)4-1/h4-9,13H,3,10-12H2,1-2H3,(H2,28,32);4-7H2,1-3H3;1-2,4-5H,3,6-7H2. The third kappa shape index (κ3) is 10.8. The molecule has 2 aliphatic heterocycles. The molecule has 0 radical (unpaired) electrons. The average molecular weight is 828 g/mol. The first-order valence-corrected chi connectivity index (χ1v) is 20.6. The molecule has 5 heterocycles. The molecule has 0 spiro atoms. The van der Waals surface area contributed by atoms with Gasteiger partial charge in [-0.15, -0.1) is 21.5 Å². The Balaban J connectivity index is 0.000000224. The summed E-state index contributed by atoms with van der Waals surface area (Å²) in [6.07, 6.45) is 7.48. The molecule has 2 N–H and O–H groups in total. The van der Waals surface area contributed by atoms with E-state index in [-0.39, 0.29) is 36.2 Å². The number of primary amides is 1. The lowest BCUT2D eigenvalue weighted by atomic mass is 9.93. The Bertz CT molecular complexity index is 2210. The third-order valence-electron chi connectivity index (χ3n) is 9.69. The van der Waals surface area contributed by atoms with Gasteiger partial charge in [-0.1, -0.05) is 36.4 Å². The summed E-state index contributed by atoms with van der Waals surface area (Å²) in [6, 6.07) is 17.8. The van der Waals surface area contributed by atoms with Crippen molar-refractivity contribution in [3.05, 3.63) is 111 Å². The van der Waals surface area contributed by atoms with E-state index < -0.39 is 23.5 Å². The maximum absolute atomic E-state index is 13.7. The zero-order valence-electron chi connectivity index (χ0n) is 34.0. The van der Waals surface area contributed by atoms with Crippen molar-refractivity contribution in [2.24, 2.45) is 5.73 Å². The first-order valence-electron chi connectivity index (χ1n) is 19.7. The molecule has 2 fully saturated rings. The number of amides is 2. The number of nitrogens with zero attached hydrogens (tertiary/aromatic N) is 4. The number of thiophene rings is 1. The summed E-state index contributed by atoms with van der Waals surface area (Å²) in [5.74, 6) is -2.50. The minimum Gasteiger partial charge on any atom is -0.462 e. The highest BCUT2D eigenvalue weighted by molar-refractivity contribution is 7.17. The second-order valence-corrected chi connectivity index (χ2v) is 16.3. The Hall–Kier alpha value is -5.51. The summed E-state index contributed by atoms with van der Waals surface area (Å²) >= 11 is 1.10. The number of rotatable bonds is 8. The van der Waals surface area contributed by atoms with Crippen molar-refractivity contribution in [3.63, 3.8) is 0 Å². The van der Waals surface area contributed by atoms with Gasteiger partial charge < -0.3 is 34.0 Å². The molecule has 3 aromatic heterocycles. The van der Waals surface area contributed by atoms with Crippen molar-refractivity contribution in [1.29, 1.82) is 0 Å². The van der Waals surface area contributed by atoms with Gasteiger partial charge in [0.2, 0.25) is 17.6 Å². The number of halogens is 1. The number of aromatic nitrogens is 3. The zero-order valence-corrected chi connectivity index (χ0v) is 34.9. The van der Waals surface area contributed by atoms with Crippen molar-refractivity contribution < 1.29 is 42.1 Å². The monoisotopic (exact) mass is 827 g/mol. The molecule has 2 saturated heterocycles. The van der Waals surface area contributed by atoms with Crippen LogP contribution in [0.4, 0.5) is 9.18 Å². The number of hydrogen-bond acceptors (Lipinski definition) is 12. The van der Waals surface area contributed by atoms with Crippen molar-refractivity contribution in [3.8, 4) is 21.9 Å². The normalized spacial score (nSPS) is 15.4. The summed E-state index contributed by atoms with van der Waals surface area (Å²) in [5, 5.41) is 8.17. The molecule has 0 unspecified atom stereocenters. The number of likely N-dealkylation sites (tertiary alicyclic amines) is 1. The predicted octanol–water partition coefficient (Wildman–Crippen LogP) is 8.22. The number of fused-ring (bicyclic) bond motifs is 1. The lowest BCUT2D eigenvalue weighted by Crippen LogP contribution is -2.34. The summed E-state index contributed by atoms with van der Waals surface area (Å²) in [5.41, 5.74) is 10.2. The summed E-state index contributed by atoms with van der Waals surface area (Å²) in [4.78, 5) is 43.5. The number of pyridine rings is 1. The highest BCUT2D eigenvalue weighted by Gasteiger charge is 2.41. The Morgan fingerprint density at radius 2 is 1.58 bits per heavy atom. The van der Waals surface area contributed by atoms with Gasteiger partial charge in [0, 0.05) is 48.6 Å². The SMILES string of the molecule is CC(C)(C)OC(=O)N1CCCC1.CCOC(=O)c1cnc(CC2(c3ccc(F)cc3)OCCO2)c(-c2nnc(C)o2)c1-c1ccc(C(N)=O)s1.c1ccc2c(c1)CCC2. The van der Waals surface area contributed by atoms with Gasteiger partial charge in [-0.25, -0.2) is 14.0 Å². The summed E-state index contributed by atoms with van der Waals surface area (Å²) in [6.45, 7) is 11.5. The Kier molecular flexibility index (Phi) is 13.9. The van der Waals surface area contributed by atoms with Crippen LogP contribution in [0.25, 0.3) is 21.9 Å². The first kappa shape index (κ1) is 43.1. The molecule has 312 valence electrons. The fraction of sp³-hybridized carbons (Fsp3) is 0.409. The minimum atomic E-state index is -1.28. The van der Waals surface area contributed by atoms with Gasteiger partial charge in [0.25, 0.3) is 5.91 Å². The molecular weight excluding hydrogens is 778 g/mol. The van der Waals surface area contributed by atoms with Gasteiger partial charge in [0.15, 0.2) is 0 Å². The van der Waals surface area contributed by atoms with Gasteiger partial charge in [-0.3, -0.25) is 9.78 Å². The van der Waals surface area contributed by atoms with Crippen LogP contribution in [-0.4, -0.2) is 76.6 Å². The molecule has 1 aliphatic carbocycles. The van der Waals surface area contributed by atoms with E-state index in [0.717, 1.165) is 37.3 Å². The number of carbonyl (C=O) groups excluding carboxylic acids is 3. The van der Waals surface area contributed by atoms with E-state index in [4.69, 9.17) is 29.1 Å².